The Hall–Kier alpha value is -1.41. The summed E-state index contributed by atoms with van der Waals surface area (Å²) in [5.41, 5.74) is 5.21. The molecule has 42 heavy (non-hydrogen) atoms. The lowest BCUT2D eigenvalue weighted by Gasteiger charge is -2.32. The summed E-state index contributed by atoms with van der Waals surface area (Å²) in [5, 5.41) is 0. The van der Waals surface area contributed by atoms with Crippen LogP contribution in [0.3, 0.4) is 0 Å². The second kappa shape index (κ2) is 19.8. The van der Waals surface area contributed by atoms with Gasteiger partial charge in [0.05, 0.1) is 26.1 Å². The van der Waals surface area contributed by atoms with Crippen LogP contribution in [-0.2, 0) is 9.47 Å². The van der Waals surface area contributed by atoms with E-state index in [-0.39, 0.29) is 17.5 Å². The van der Waals surface area contributed by atoms with E-state index in [2.05, 4.69) is 98.2 Å². The van der Waals surface area contributed by atoms with Gasteiger partial charge in [-0.05, 0) is 117 Å². The Balaban J connectivity index is 2.33. The summed E-state index contributed by atoms with van der Waals surface area (Å²) in [5.74, 6) is 6.89. The maximum Gasteiger partial charge on any atom is 0.158 e. The van der Waals surface area contributed by atoms with Crippen molar-refractivity contribution in [3.8, 4) is 11.8 Å². The van der Waals surface area contributed by atoms with E-state index in [1.165, 1.54) is 16.7 Å². The molecule has 0 radical (unpaired) electrons. The fourth-order valence-electron chi connectivity index (χ4n) is 5.00. The maximum absolute atomic E-state index is 14.8. The Bertz CT molecular complexity index is 973. The standard InChI is InChI=1S/C38H65FO2Si/c1-30(17-14-18-31(2)20-16-22-37-40-34(5)29-35(6)41-37)19-15-21-36(39)33(4)24-23-32(3)25-27-38(7,8)26-12-13-28-42(9,10)11/h18-19,25,34-35,37H,14-17,20-24,26-29H2,1-11H3/b30-19+,31-18+,32-25-,36-33-/t34-,35-/m1/s1. The van der Waals surface area contributed by atoms with Gasteiger partial charge in [-0.2, -0.15) is 0 Å². The third-order valence-electron chi connectivity index (χ3n) is 8.00. The second-order valence-corrected chi connectivity index (χ2v) is 20.5. The Morgan fingerprint density at radius 1 is 0.810 bits per heavy atom. The molecule has 0 aromatic heterocycles. The summed E-state index contributed by atoms with van der Waals surface area (Å²) in [7, 11) is -1.09. The van der Waals surface area contributed by atoms with Crippen LogP contribution in [0, 0.1) is 17.3 Å². The number of ether oxygens (including phenoxy) is 2. The summed E-state index contributed by atoms with van der Waals surface area (Å²) < 4.78 is 26.6. The number of hydrogen-bond donors (Lipinski definition) is 0. The number of rotatable bonds is 17. The monoisotopic (exact) mass is 600 g/mol. The van der Waals surface area contributed by atoms with Crippen LogP contribution in [0.5, 0.6) is 0 Å². The molecule has 0 spiro atoms. The fourth-order valence-corrected chi connectivity index (χ4v) is 5.65. The van der Waals surface area contributed by atoms with Gasteiger partial charge in [0.25, 0.3) is 0 Å². The lowest BCUT2D eigenvalue weighted by Crippen LogP contribution is -2.35. The van der Waals surface area contributed by atoms with Gasteiger partial charge >= 0.3 is 0 Å². The van der Waals surface area contributed by atoms with E-state index < -0.39 is 8.07 Å². The van der Waals surface area contributed by atoms with Crippen molar-refractivity contribution in [2.45, 2.75) is 177 Å². The number of hydrogen-bond acceptors (Lipinski definition) is 2. The van der Waals surface area contributed by atoms with Gasteiger partial charge < -0.3 is 9.47 Å². The third kappa shape index (κ3) is 19.7. The minimum atomic E-state index is -1.09. The highest BCUT2D eigenvalue weighted by Crippen LogP contribution is 2.27. The van der Waals surface area contributed by atoms with E-state index in [0.717, 1.165) is 82.2 Å². The first-order valence-electron chi connectivity index (χ1n) is 16.6. The molecule has 1 rings (SSSR count). The van der Waals surface area contributed by atoms with Crippen molar-refractivity contribution >= 4 is 8.07 Å². The molecular weight excluding hydrogens is 536 g/mol. The van der Waals surface area contributed by atoms with Crippen molar-refractivity contribution < 1.29 is 13.9 Å². The molecular formula is C38H65FO2Si. The molecule has 0 bridgehead atoms. The van der Waals surface area contributed by atoms with Crippen molar-refractivity contribution in [3.63, 3.8) is 0 Å². The fraction of sp³-hybridized carbons (Fsp3) is 0.737. The smallest absolute Gasteiger partial charge is 0.158 e. The van der Waals surface area contributed by atoms with Gasteiger partial charge in [0.15, 0.2) is 6.29 Å². The summed E-state index contributed by atoms with van der Waals surface area (Å²) >= 11 is 0. The first-order chi connectivity index (χ1) is 19.6. The number of allylic oxidation sites excluding steroid dienone is 8. The van der Waals surface area contributed by atoms with E-state index in [4.69, 9.17) is 9.47 Å². The lowest BCUT2D eigenvalue weighted by molar-refractivity contribution is -0.236. The van der Waals surface area contributed by atoms with Gasteiger partial charge in [0.1, 0.15) is 0 Å². The van der Waals surface area contributed by atoms with Crippen LogP contribution < -0.4 is 0 Å². The highest BCUT2D eigenvalue weighted by molar-refractivity contribution is 6.76. The molecule has 1 fully saturated rings. The van der Waals surface area contributed by atoms with Crippen molar-refractivity contribution in [2.24, 2.45) is 5.41 Å². The summed E-state index contributed by atoms with van der Waals surface area (Å²) in [4.78, 5) is 0. The second-order valence-electron chi connectivity index (χ2n) is 15.0. The molecule has 0 aliphatic carbocycles. The summed E-state index contributed by atoms with van der Waals surface area (Å²) in [6, 6.07) is 1.08. The third-order valence-corrected chi connectivity index (χ3v) is 9.24. The molecule has 2 atom stereocenters. The molecule has 0 amide bonds. The van der Waals surface area contributed by atoms with Crippen LogP contribution in [0.1, 0.15) is 132 Å². The molecule has 0 aromatic carbocycles. The molecule has 0 saturated carbocycles. The van der Waals surface area contributed by atoms with Crippen LogP contribution >= 0.6 is 0 Å². The average Bonchev–Trinajstić information content (AvgIpc) is 2.87. The van der Waals surface area contributed by atoms with E-state index in [1.807, 2.05) is 6.92 Å². The molecule has 1 heterocycles. The Morgan fingerprint density at radius 3 is 2.00 bits per heavy atom. The minimum Gasteiger partial charge on any atom is -0.350 e. The van der Waals surface area contributed by atoms with Crippen LogP contribution in [-0.4, -0.2) is 26.6 Å². The Kier molecular flexibility index (Phi) is 18.2. The normalized spacial score (nSPS) is 21.6. The zero-order chi connectivity index (χ0) is 31.8. The van der Waals surface area contributed by atoms with Crippen LogP contribution in [0.15, 0.2) is 46.3 Å². The van der Waals surface area contributed by atoms with Crippen molar-refractivity contribution in [3.05, 3.63) is 46.3 Å². The molecule has 2 nitrogen and oxygen atoms in total. The molecule has 1 saturated heterocycles. The Morgan fingerprint density at radius 2 is 1.38 bits per heavy atom. The largest absolute Gasteiger partial charge is 0.350 e. The highest BCUT2D eigenvalue weighted by atomic mass is 28.3. The molecule has 240 valence electrons. The van der Waals surface area contributed by atoms with Crippen molar-refractivity contribution in [1.82, 2.24) is 0 Å². The molecule has 0 unspecified atom stereocenters. The van der Waals surface area contributed by atoms with Gasteiger partial charge in [0, 0.05) is 18.9 Å². The first-order valence-corrected chi connectivity index (χ1v) is 20.3. The van der Waals surface area contributed by atoms with Gasteiger partial charge in [-0.3, -0.25) is 0 Å². The molecule has 4 heteroatoms. The van der Waals surface area contributed by atoms with E-state index >= 15 is 0 Å². The summed E-state index contributed by atoms with van der Waals surface area (Å²) in [6.07, 6.45) is 18.6. The van der Waals surface area contributed by atoms with Gasteiger partial charge in [-0.15, -0.1) is 11.8 Å². The predicted octanol–water partition coefficient (Wildman–Crippen LogP) is 12.3. The maximum atomic E-state index is 14.8. The van der Waals surface area contributed by atoms with Crippen molar-refractivity contribution in [1.29, 1.82) is 0 Å². The predicted molar refractivity (Wildman–Crippen MR) is 185 cm³/mol. The van der Waals surface area contributed by atoms with Gasteiger partial charge in [0.2, 0.25) is 0 Å². The first kappa shape index (κ1) is 38.6. The zero-order valence-corrected chi connectivity index (χ0v) is 30.4. The molecule has 1 aliphatic rings. The van der Waals surface area contributed by atoms with Crippen LogP contribution in [0.2, 0.25) is 25.7 Å². The van der Waals surface area contributed by atoms with Gasteiger partial charge in [-0.1, -0.05) is 68.4 Å². The van der Waals surface area contributed by atoms with E-state index in [1.54, 1.807) is 0 Å². The quantitative estimate of drug-likeness (QED) is 0.0939. The van der Waals surface area contributed by atoms with E-state index in [0.29, 0.717) is 18.6 Å². The van der Waals surface area contributed by atoms with Crippen LogP contribution in [0.25, 0.3) is 0 Å². The van der Waals surface area contributed by atoms with Crippen LogP contribution in [0.4, 0.5) is 4.39 Å². The van der Waals surface area contributed by atoms with Crippen molar-refractivity contribution in [2.75, 3.05) is 0 Å². The van der Waals surface area contributed by atoms with E-state index in [9.17, 15) is 4.39 Å². The Labute approximate surface area is 261 Å². The van der Waals surface area contributed by atoms with Gasteiger partial charge in [-0.25, -0.2) is 4.39 Å². The molecule has 0 aromatic rings. The lowest BCUT2D eigenvalue weighted by atomic mass is 9.85. The molecule has 1 aliphatic heterocycles. The topological polar surface area (TPSA) is 18.5 Å². The summed E-state index contributed by atoms with van der Waals surface area (Å²) in [6.45, 7) is 24.5. The number of halogens is 1. The molecule has 0 N–H and O–H groups in total. The average molecular weight is 601 g/mol. The zero-order valence-electron chi connectivity index (χ0n) is 29.4. The SMILES string of the molecule is C/C(=C/CC(C)(C)CC#CC[Si](C)(C)C)CC/C(C)=C(\F)CC/C=C(\C)CC/C=C(\C)CCCC1O[C@H](C)C[C@@H](C)O1. The minimum absolute atomic E-state index is 0.0485. The highest BCUT2D eigenvalue weighted by Gasteiger charge is 2.24.